The molecule has 0 fully saturated rings. The van der Waals surface area contributed by atoms with Gasteiger partial charge in [0.25, 0.3) is 0 Å². The summed E-state index contributed by atoms with van der Waals surface area (Å²) in [7, 11) is 0. The van der Waals surface area contributed by atoms with Crippen molar-refractivity contribution in [2.24, 2.45) is 0 Å². The molecule has 2 nitrogen and oxygen atoms in total. The number of halogens is 1. The van der Waals surface area contributed by atoms with E-state index in [0.717, 1.165) is 6.42 Å². The van der Waals surface area contributed by atoms with Gasteiger partial charge in [0.15, 0.2) is 4.08 Å². The second kappa shape index (κ2) is 8.28. The third kappa shape index (κ3) is 5.66. The van der Waals surface area contributed by atoms with Gasteiger partial charge in [-0.15, -0.1) is 11.8 Å². The molecule has 0 amide bonds. The zero-order chi connectivity index (χ0) is 11.7. The first kappa shape index (κ1) is 15.1. The fourth-order valence-electron chi connectivity index (χ4n) is 0.908. The molecule has 0 heterocycles. The molecule has 90 valence electrons. The first-order valence-corrected chi connectivity index (χ1v) is 6.63. The Morgan fingerprint density at radius 3 is 2.67 bits per heavy atom. The molecule has 0 aliphatic heterocycles. The summed E-state index contributed by atoms with van der Waals surface area (Å²) in [6, 6.07) is 0. The van der Waals surface area contributed by atoms with Gasteiger partial charge in [-0.05, 0) is 25.0 Å². The molecule has 0 bridgehead atoms. The first-order chi connectivity index (χ1) is 7.10. The van der Waals surface area contributed by atoms with Gasteiger partial charge in [-0.25, -0.2) is 4.79 Å². The molecule has 15 heavy (non-hydrogen) atoms. The van der Waals surface area contributed by atoms with E-state index in [1.54, 1.807) is 0 Å². The maximum Gasteiger partial charge on any atom is 0.332 e. The van der Waals surface area contributed by atoms with Crippen molar-refractivity contribution in [3.05, 3.63) is 0 Å². The fourth-order valence-corrected chi connectivity index (χ4v) is 2.22. The van der Waals surface area contributed by atoms with Gasteiger partial charge in [-0.1, -0.05) is 13.8 Å². The lowest BCUT2D eigenvalue weighted by molar-refractivity contribution is -0.144. The summed E-state index contributed by atoms with van der Waals surface area (Å²) in [4.78, 5) is 11.6. The van der Waals surface area contributed by atoms with Crippen molar-refractivity contribution in [1.82, 2.24) is 0 Å². The predicted molar refractivity (Wildman–Crippen MR) is 66.3 cm³/mol. The molecule has 0 saturated heterocycles. The molecular weight excluding hydrogens is 235 g/mol. The standard InChI is InChI=1S/C10H19FO2S2/c1-3-7-13-9(12)10(14,4-2)15-8-5-6-11/h14H,3-8H2,1-2H3. The SMILES string of the molecule is CCCOC(=O)C(S)(CC)SCCCF. The van der Waals surface area contributed by atoms with Gasteiger partial charge in [-0.3, -0.25) is 4.39 Å². The van der Waals surface area contributed by atoms with E-state index in [1.165, 1.54) is 11.8 Å². The fraction of sp³-hybridized carbons (Fsp3) is 0.900. The second-order valence-electron chi connectivity index (χ2n) is 3.16. The van der Waals surface area contributed by atoms with Crippen LogP contribution in [0.15, 0.2) is 0 Å². The molecule has 0 aliphatic carbocycles. The molecule has 0 N–H and O–H groups in total. The Labute approximate surface area is 101 Å². The Morgan fingerprint density at radius 2 is 2.20 bits per heavy atom. The van der Waals surface area contributed by atoms with E-state index >= 15 is 0 Å². The summed E-state index contributed by atoms with van der Waals surface area (Å²) in [6.45, 7) is 3.88. The summed E-state index contributed by atoms with van der Waals surface area (Å²) in [5, 5.41) is 0. The Kier molecular flexibility index (Phi) is 8.33. The van der Waals surface area contributed by atoms with Crippen molar-refractivity contribution < 1.29 is 13.9 Å². The molecule has 1 unspecified atom stereocenters. The van der Waals surface area contributed by atoms with Crippen LogP contribution >= 0.6 is 24.4 Å². The molecule has 5 heteroatoms. The topological polar surface area (TPSA) is 26.3 Å². The van der Waals surface area contributed by atoms with Gasteiger partial charge >= 0.3 is 5.97 Å². The molecule has 0 aromatic rings. The van der Waals surface area contributed by atoms with Crippen LogP contribution in [-0.4, -0.2) is 29.1 Å². The van der Waals surface area contributed by atoms with E-state index in [1.807, 2.05) is 13.8 Å². The molecule has 1 atom stereocenters. The molecule has 0 radical (unpaired) electrons. The lowest BCUT2D eigenvalue weighted by atomic mass is 10.3. The minimum absolute atomic E-state index is 0.306. The summed E-state index contributed by atoms with van der Waals surface area (Å²) in [5.74, 6) is 0.286. The molecule has 0 aromatic carbocycles. The number of alkyl halides is 1. The minimum Gasteiger partial charge on any atom is -0.464 e. The monoisotopic (exact) mass is 254 g/mol. The normalized spacial score (nSPS) is 14.7. The largest absolute Gasteiger partial charge is 0.464 e. The molecule has 0 aliphatic rings. The highest BCUT2D eigenvalue weighted by atomic mass is 32.2. The number of rotatable bonds is 8. The van der Waals surface area contributed by atoms with Gasteiger partial charge in [0.05, 0.1) is 13.3 Å². The van der Waals surface area contributed by atoms with Crippen molar-refractivity contribution in [3.63, 3.8) is 0 Å². The number of thiol groups is 1. The number of esters is 1. The summed E-state index contributed by atoms with van der Waals surface area (Å²) >= 11 is 5.68. The van der Waals surface area contributed by atoms with Crippen molar-refractivity contribution >= 4 is 30.4 Å². The van der Waals surface area contributed by atoms with Gasteiger partial charge < -0.3 is 4.74 Å². The first-order valence-electron chi connectivity index (χ1n) is 5.20. The smallest absolute Gasteiger partial charge is 0.332 e. The van der Waals surface area contributed by atoms with E-state index in [-0.39, 0.29) is 12.6 Å². The zero-order valence-corrected chi connectivity index (χ0v) is 11.0. The van der Waals surface area contributed by atoms with E-state index in [9.17, 15) is 9.18 Å². The van der Waals surface area contributed by atoms with Crippen LogP contribution < -0.4 is 0 Å². The van der Waals surface area contributed by atoms with Crippen LogP contribution in [0.25, 0.3) is 0 Å². The number of hydrogen-bond donors (Lipinski definition) is 1. The Hall–Kier alpha value is 0.1000. The number of hydrogen-bond acceptors (Lipinski definition) is 4. The Balaban J connectivity index is 4.08. The summed E-state index contributed by atoms with van der Waals surface area (Å²) in [6.07, 6.45) is 1.83. The highest BCUT2D eigenvalue weighted by Crippen LogP contribution is 2.34. The molecule has 0 rings (SSSR count). The van der Waals surface area contributed by atoms with Crippen LogP contribution in [0, 0.1) is 0 Å². The van der Waals surface area contributed by atoms with Gasteiger partial charge in [0, 0.05) is 0 Å². The maximum atomic E-state index is 11.9. The number of carbonyl (C=O) groups is 1. The highest BCUT2D eigenvalue weighted by Gasteiger charge is 2.34. The van der Waals surface area contributed by atoms with E-state index in [4.69, 9.17) is 4.74 Å². The van der Waals surface area contributed by atoms with Gasteiger partial charge in [0.1, 0.15) is 0 Å². The number of thioether (sulfide) groups is 1. The van der Waals surface area contributed by atoms with Crippen LogP contribution in [0.1, 0.15) is 33.1 Å². The van der Waals surface area contributed by atoms with Crippen LogP contribution in [0.4, 0.5) is 4.39 Å². The Morgan fingerprint density at radius 1 is 1.53 bits per heavy atom. The maximum absolute atomic E-state index is 11.9. The van der Waals surface area contributed by atoms with Crippen LogP contribution in [-0.2, 0) is 9.53 Å². The van der Waals surface area contributed by atoms with Crippen molar-refractivity contribution in [2.45, 2.75) is 37.2 Å². The highest BCUT2D eigenvalue weighted by molar-refractivity contribution is 8.12. The lowest BCUT2D eigenvalue weighted by Crippen LogP contribution is -2.31. The van der Waals surface area contributed by atoms with E-state index < -0.39 is 4.08 Å². The van der Waals surface area contributed by atoms with E-state index in [0.29, 0.717) is 25.2 Å². The van der Waals surface area contributed by atoms with Gasteiger partial charge in [-0.2, -0.15) is 12.6 Å². The molecule has 0 saturated carbocycles. The van der Waals surface area contributed by atoms with Crippen LogP contribution in [0.5, 0.6) is 0 Å². The van der Waals surface area contributed by atoms with Crippen molar-refractivity contribution in [2.75, 3.05) is 19.0 Å². The lowest BCUT2D eigenvalue weighted by Gasteiger charge is -2.24. The predicted octanol–water partition coefficient (Wildman–Crippen LogP) is 3.07. The zero-order valence-electron chi connectivity index (χ0n) is 9.29. The minimum atomic E-state index is -0.815. The van der Waals surface area contributed by atoms with Crippen LogP contribution in [0.2, 0.25) is 0 Å². The van der Waals surface area contributed by atoms with E-state index in [2.05, 4.69) is 12.6 Å². The van der Waals surface area contributed by atoms with Gasteiger partial charge in [0.2, 0.25) is 0 Å². The second-order valence-corrected chi connectivity index (χ2v) is 5.62. The van der Waals surface area contributed by atoms with Crippen LogP contribution in [0.3, 0.4) is 0 Å². The quantitative estimate of drug-likeness (QED) is 0.312. The molecular formula is C10H19FO2S2. The summed E-state index contributed by atoms with van der Waals surface area (Å²) in [5.41, 5.74) is 0. The third-order valence-electron chi connectivity index (χ3n) is 1.85. The average molecular weight is 254 g/mol. The third-order valence-corrected chi connectivity index (χ3v) is 4.17. The number of carbonyl (C=O) groups excluding carboxylic acids is 1. The molecule has 0 aromatic heterocycles. The summed E-state index contributed by atoms with van der Waals surface area (Å²) < 4.78 is 16.2. The van der Waals surface area contributed by atoms with Crippen molar-refractivity contribution in [1.29, 1.82) is 0 Å². The number of ether oxygens (including phenoxy) is 1. The van der Waals surface area contributed by atoms with Crippen molar-refractivity contribution in [3.8, 4) is 0 Å². The Bertz CT molecular complexity index is 190. The molecule has 0 spiro atoms. The average Bonchev–Trinajstić information content (AvgIpc) is 2.25.